The Hall–Kier alpha value is -1.30. The summed E-state index contributed by atoms with van der Waals surface area (Å²) < 4.78 is 0. The van der Waals surface area contributed by atoms with Crippen molar-refractivity contribution in [2.24, 2.45) is 5.92 Å². The lowest BCUT2D eigenvalue weighted by atomic mass is 9.85. The van der Waals surface area contributed by atoms with E-state index in [-0.39, 0.29) is 18.0 Å². The summed E-state index contributed by atoms with van der Waals surface area (Å²) in [5.74, 6) is 0.612. The zero-order valence-electron chi connectivity index (χ0n) is 11.2. The highest BCUT2D eigenvalue weighted by atomic mass is 16.2. The second-order valence-electron chi connectivity index (χ2n) is 5.73. The molecule has 3 heterocycles. The average molecular weight is 266 g/mol. The van der Waals surface area contributed by atoms with Crippen LogP contribution in [0.15, 0.2) is 0 Å². The first-order valence-electron chi connectivity index (χ1n) is 7.28. The van der Waals surface area contributed by atoms with Crippen LogP contribution in [-0.4, -0.2) is 67.0 Å². The summed E-state index contributed by atoms with van der Waals surface area (Å²) >= 11 is 0. The Balaban J connectivity index is 1.58. The summed E-state index contributed by atoms with van der Waals surface area (Å²) in [6, 6.07) is 0.463. The Bertz CT molecular complexity index is 368. The molecule has 0 aromatic heterocycles. The highest BCUT2D eigenvalue weighted by molar-refractivity contribution is 5.78. The molecule has 3 saturated heterocycles. The number of urea groups is 1. The van der Waals surface area contributed by atoms with Gasteiger partial charge in [-0.3, -0.25) is 4.79 Å². The largest absolute Gasteiger partial charge is 0.353 e. The number of likely N-dealkylation sites (tertiary alicyclic amines) is 1. The van der Waals surface area contributed by atoms with Crippen LogP contribution in [0.25, 0.3) is 0 Å². The number of nitrogens with one attached hydrogen (secondary N) is 2. The van der Waals surface area contributed by atoms with Gasteiger partial charge in [0.05, 0.1) is 0 Å². The number of hydrogen-bond donors (Lipinski definition) is 2. The lowest BCUT2D eigenvalue weighted by Crippen LogP contribution is -2.58. The molecule has 0 saturated carbocycles. The molecule has 3 fully saturated rings. The van der Waals surface area contributed by atoms with E-state index in [0.717, 1.165) is 52.1 Å². The standard InChI is InChI=1S/C13H22N4O2/c18-12-2-1-10-9-17(6-3-11(10)15-12)13(19)16-7-4-14-5-8-16/h10-11,14H,1-9H2,(H,15,18). The van der Waals surface area contributed by atoms with Crippen LogP contribution in [0.1, 0.15) is 19.3 Å². The van der Waals surface area contributed by atoms with E-state index in [1.54, 1.807) is 0 Å². The first-order chi connectivity index (χ1) is 9.24. The van der Waals surface area contributed by atoms with Crippen LogP contribution in [0.5, 0.6) is 0 Å². The second kappa shape index (κ2) is 5.36. The van der Waals surface area contributed by atoms with Crippen LogP contribution >= 0.6 is 0 Å². The molecule has 106 valence electrons. The van der Waals surface area contributed by atoms with Crippen molar-refractivity contribution < 1.29 is 9.59 Å². The van der Waals surface area contributed by atoms with Crippen LogP contribution in [0.3, 0.4) is 0 Å². The van der Waals surface area contributed by atoms with E-state index in [1.807, 2.05) is 9.80 Å². The number of rotatable bonds is 0. The molecular formula is C13H22N4O2. The minimum Gasteiger partial charge on any atom is -0.353 e. The van der Waals surface area contributed by atoms with E-state index in [4.69, 9.17) is 0 Å². The minimum atomic E-state index is 0.170. The summed E-state index contributed by atoms with van der Waals surface area (Å²) in [6.45, 7) is 4.96. The van der Waals surface area contributed by atoms with Gasteiger partial charge >= 0.3 is 6.03 Å². The van der Waals surface area contributed by atoms with Crippen molar-refractivity contribution in [3.63, 3.8) is 0 Å². The molecule has 2 unspecified atom stereocenters. The third-order valence-electron chi connectivity index (χ3n) is 4.48. The molecule has 6 heteroatoms. The Morgan fingerprint density at radius 1 is 1.11 bits per heavy atom. The molecule has 0 spiro atoms. The third kappa shape index (κ3) is 2.68. The molecule has 0 radical (unpaired) electrons. The summed E-state index contributed by atoms with van der Waals surface area (Å²) in [6.07, 6.45) is 2.42. The molecule has 2 N–H and O–H groups in total. The van der Waals surface area contributed by atoms with E-state index >= 15 is 0 Å². The Morgan fingerprint density at radius 3 is 2.68 bits per heavy atom. The predicted molar refractivity (Wildman–Crippen MR) is 70.7 cm³/mol. The molecule has 0 aliphatic carbocycles. The fourth-order valence-electron chi connectivity index (χ4n) is 3.34. The number of amides is 3. The number of carbonyl (C=O) groups excluding carboxylic acids is 2. The van der Waals surface area contributed by atoms with Crippen molar-refractivity contribution in [1.82, 2.24) is 20.4 Å². The summed E-state index contributed by atoms with van der Waals surface area (Å²) in [7, 11) is 0. The van der Waals surface area contributed by atoms with Gasteiger partial charge in [0.2, 0.25) is 5.91 Å². The maximum Gasteiger partial charge on any atom is 0.320 e. The molecule has 3 rings (SSSR count). The van der Waals surface area contributed by atoms with Crippen molar-refractivity contribution in [3.05, 3.63) is 0 Å². The summed E-state index contributed by atoms with van der Waals surface area (Å²) in [4.78, 5) is 27.7. The molecule has 2 atom stereocenters. The van der Waals surface area contributed by atoms with E-state index in [9.17, 15) is 9.59 Å². The Morgan fingerprint density at radius 2 is 1.89 bits per heavy atom. The monoisotopic (exact) mass is 266 g/mol. The van der Waals surface area contributed by atoms with Crippen molar-refractivity contribution in [3.8, 4) is 0 Å². The number of nitrogens with zero attached hydrogens (tertiary/aromatic N) is 2. The molecule has 0 aromatic carbocycles. The Labute approximate surface area is 113 Å². The molecule has 3 amide bonds. The van der Waals surface area contributed by atoms with Crippen molar-refractivity contribution in [1.29, 1.82) is 0 Å². The fraction of sp³-hybridized carbons (Fsp3) is 0.846. The molecule has 19 heavy (non-hydrogen) atoms. The Kier molecular flexibility index (Phi) is 3.59. The molecule has 0 aromatic rings. The van der Waals surface area contributed by atoms with Gasteiger partial charge in [0.15, 0.2) is 0 Å². The number of piperidine rings is 2. The topological polar surface area (TPSA) is 64.7 Å². The highest BCUT2D eigenvalue weighted by Gasteiger charge is 2.36. The quantitative estimate of drug-likeness (QED) is 0.628. The van der Waals surface area contributed by atoms with Gasteiger partial charge < -0.3 is 20.4 Å². The zero-order valence-corrected chi connectivity index (χ0v) is 11.2. The number of carbonyl (C=O) groups is 2. The average Bonchev–Trinajstić information content (AvgIpc) is 2.47. The van der Waals surface area contributed by atoms with E-state index in [1.165, 1.54) is 0 Å². The predicted octanol–water partition coefficient (Wildman–Crippen LogP) is -0.388. The zero-order chi connectivity index (χ0) is 13.2. The second-order valence-corrected chi connectivity index (χ2v) is 5.73. The van der Waals surface area contributed by atoms with Gasteiger partial charge in [0.25, 0.3) is 0 Å². The van der Waals surface area contributed by atoms with Gasteiger partial charge in [-0.2, -0.15) is 0 Å². The smallest absolute Gasteiger partial charge is 0.320 e. The number of fused-ring (bicyclic) bond motifs is 1. The number of hydrogen-bond acceptors (Lipinski definition) is 3. The van der Waals surface area contributed by atoms with Crippen molar-refractivity contribution >= 4 is 11.9 Å². The van der Waals surface area contributed by atoms with Crippen LogP contribution in [0.2, 0.25) is 0 Å². The SMILES string of the molecule is O=C1CCC2CN(C(=O)N3CCNCC3)CCC2N1. The van der Waals surface area contributed by atoms with E-state index < -0.39 is 0 Å². The van der Waals surface area contributed by atoms with Gasteiger partial charge in [0.1, 0.15) is 0 Å². The molecule has 0 bridgehead atoms. The van der Waals surface area contributed by atoms with Crippen LogP contribution in [-0.2, 0) is 4.79 Å². The summed E-state index contributed by atoms with van der Waals surface area (Å²) in [5, 5.41) is 6.32. The van der Waals surface area contributed by atoms with Gasteiger partial charge in [-0.25, -0.2) is 4.79 Å². The van der Waals surface area contributed by atoms with Crippen molar-refractivity contribution in [2.75, 3.05) is 39.3 Å². The van der Waals surface area contributed by atoms with Gasteiger partial charge in [-0.05, 0) is 18.8 Å². The highest BCUT2D eigenvalue weighted by Crippen LogP contribution is 2.25. The van der Waals surface area contributed by atoms with Crippen LogP contribution < -0.4 is 10.6 Å². The molecule has 6 nitrogen and oxygen atoms in total. The molecule has 3 aliphatic heterocycles. The molecular weight excluding hydrogens is 244 g/mol. The van der Waals surface area contributed by atoms with Gasteiger partial charge in [-0.15, -0.1) is 0 Å². The third-order valence-corrected chi connectivity index (χ3v) is 4.48. The van der Waals surface area contributed by atoms with Gasteiger partial charge in [-0.1, -0.05) is 0 Å². The van der Waals surface area contributed by atoms with E-state index in [2.05, 4.69) is 10.6 Å². The van der Waals surface area contributed by atoms with Crippen molar-refractivity contribution in [2.45, 2.75) is 25.3 Å². The van der Waals surface area contributed by atoms with Crippen LogP contribution in [0.4, 0.5) is 4.79 Å². The van der Waals surface area contributed by atoms with E-state index in [0.29, 0.717) is 12.3 Å². The summed E-state index contributed by atoms with van der Waals surface area (Å²) in [5.41, 5.74) is 0. The maximum atomic E-state index is 12.4. The first kappa shape index (κ1) is 12.7. The minimum absolute atomic E-state index is 0.170. The maximum absolute atomic E-state index is 12.4. The van der Waals surface area contributed by atoms with Crippen LogP contribution in [0, 0.1) is 5.92 Å². The normalized spacial score (nSPS) is 31.7. The molecule has 3 aliphatic rings. The number of piperazine rings is 1. The fourth-order valence-corrected chi connectivity index (χ4v) is 3.34. The van der Waals surface area contributed by atoms with Gasteiger partial charge in [0, 0.05) is 51.7 Å². The lowest BCUT2D eigenvalue weighted by Gasteiger charge is -2.43. The lowest BCUT2D eigenvalue weighted by molar-refractivity contribution is -0.125. The first-order valence-corrected chi connectivity index (χ1v) is 7.28.